The van der Waals surface area contributed by atoms with Gasteiger partial charge in [0.2, 0.25) is 17.8 Å². The highest BCUT2D eigenvalue weighted by Crippen LogP contribution is 2.40. The zero-order valence-corrected chi connectivity index (χ0v) is 15.6. The molecule has 148 valence electrons. The van der Waals surface area contributed by atoms with Crippen molar-refractivity contribution < 1.29 is 14.7 Å². The first kappa shape index (κ1) is 19.3. The molecule has 2 aliphatic rings. The van der Waals surface area contributed by atoms with Gasteiger partial charge < -0.3 is 20.6 Å². The number of rotatable bonds is 4. The van der Waals surface area contributed by atoms with Crippen molar-refractivity contribution in [1.82, 2.24) is 19.8 Å². The number of hydrogen-bond acceptors (Lipinski definition) is 6. The van der Waals surface area contributed by atoms with E-state index in [-0.39, 0.29) is 35.2 Å². The molecular weight excluding hydrogens is 350 g/mol. The fourth-order valence-electron chi connectivity index (χ4n) is 4.11. The molecule has 27 heavy (non-hydrogen) atoms. The van der Waals surface area contributed by atoms with Crippen LogP contribution in [0.15, 0.2) is 10.9 Å². The normalized spacial score (nSPS) is 20.7. The van der Waals surface area contributed by atoms with Gasteiger partial charge in [-0.15, -0.1) is 0 Å². The molecule has 0 aromatic carbocycles. The Hall–Kier alpha value is -2.42. The first-order chi connectivity index (χ1) is 12.8. The number of amides is 2. The van der Waals surface area contributed by atoms with Crippen LogP contribution in [-0.2, 0) is 16.0 Å². The van der Waals surface area contributed by atoms with E-state index in [9.17, 15) is 19.5 Å². The number of likely N-dealkylation sites (tertiary alicyclic amines) is 2. The highest BCUT2D eigenvalue weighted by molar-refractivity contribution is 5.79. The molecule has 2 saturated heterocycles. The molecule has 0 radical (unpaired) electrons. The van der Waals surface area contributed by atoms with Gasteiger partial charge in [0.15, 0.2) is 0 Å². The van der Waals surface area contributed by atoms with Gasteiger partial charge in [0.25, 0.3) is 5.56 Å². The Labute approximate surface area is 157 Å². The molecule has 0 aliphatic carbocycles. The predicted molar refractivity (Wildman–Crippen MR) is 98.7 cm³/mol. The molecule has 0 saturated carbocycles. The van der Waals surface area contributed by atoms with Crippen LogP contribution >= 0.6 is 0 Å². The molecule has 1 aromatic heterocycles. The number of H-pyrrole nitrogens is 1. The molecule has 9 heteroatoms. The highest BCUT2D eigenvalue weighted by Gasteiger charge is 2.41. The van der Waals surface area contributed by atoms with E-state index in [0.29, 0.717) is 38.3 Å². The maximum atomic E-state index is 12.6. The number of β-amino-alcohol motifs (C(OH)–C–C–N with tert-alkyl or cyclic N) is 1. The molecule has 9 nitrogen and oxygen atoms in total. The fraction of sp³-hybridized carbons (Fsp3) is 0.667. The number of nitrogens with two attached hydrogens (primary N) is 1. The van der Waals surface area contributed by atoms with Crippen molar-refractivity contribution in [2.24, 2.45) is 5.41 Å². The number of aromatic amines is 1. The molecule has 4 N–H and O–H groups in total. The lowest BCUT2D eigenvalue weighted by Gasteiger charge is -2.47. The second-order valence-corrected chi connectivity index (χ2v) is 7.80. The van der Waals surface area contributed by atoms with Crippen LogP contribution in [0.25, 0.3) is 0 Å². The summed E-state index contributed by atoms with van der Waals surface area (Å²) in [6.07, 6.45) is 2.49. The van der Waals surface area contributed by atoms with Gasteiger partial charge in [-0.05, 0) is 31.6 Å². The summed E-state index contributed by atoms with van der Waals surface area (Å²) in [4.78, 5) is 46.0. The van der Waals surface area contributed by atoms with Crippen molar-refractivity contribution in [3.63, 3.8) is 0 Å². The summed E-state index contributed by atoms with van der Waals surface area (Å²) < 4.78 is 0. The topological polar surface area (TPSA) is 133 Å². The van der Waals surface area contributed by atoms with E-state index >= 15 is 0 Å². The summed E-state index contributed by atoms with van der Waals surface area (Å²) in [5.41, 5.74) is 5.54. The van der Waals surface area contributed by atoms with E-state index < -0.39 is 6.10 Å². The lowest BCUT2D eigenvalue weighted by molar-refractivity contribution is -0.143. The second kappa shape index (κ2) is 7.67. The smallest absolute Gasteiger partial charge is 0.252 e. The van der Waals surface area contributed by atoms with Crippen molar-refractivity contribution in [3.05, 3.63) is 22.1 Å². The third-order valence-corrected chi connectivity index (χ3v) is 5.55. The van der Waals surface area contributed by atoms with E-state index in [1.165, 1.54) is 6.07 Å². The van der Waals surface area contributed by atoms with E-state index in [1.54, 1.807) is 16.7 Å². The zero-order valence-electron chi connectivity index (χ0n) is 15.6. The molecule has 3 rings (SSSR count). The first-order valence-corrected chi connectivity index (χ1v) is 9.36. The molecule has 1 aromatic rings. The Balaban J connectivity index is 1.58. The molecule has 2 aliphatic heterocycles. The summed E-state index contributed by atoms with van der Waals surface area (Å²) in [6, 6.07) is 1.29. The second-order valence-electron chi connectivity index (χ2n) is 7.80. The molecule has 2 amide bonds. The molecule has 1 atom stereocenters. The largest absolute Gasteiger partial charge is 0.392 e. The average Bonchev–Trinajstić information content (AvgIpc) is 2.57. The minimum absolute atomic E-state index is 0.00738. The van der Waals surface area contributed by atoms with Crippen LogP contribution in [-0.4, -0.2) is 69.0 Å². The van der Waals surface area contributed by atoms with Gasteiger partial charge in [-0.2, -0.15) is 0 Å². The SMILES string of the molecule is C[C@H](O)CN1CC2(CCC1=O)CCN(C(=O)Cc1cc(=O)[nH]c(N)n1)CC2. The lowest BCUT2D eigenvalue weighted by atomic mass is 9.72. The summed E-state index contributed by atoms with van der Waals surface area (Å²) in [5, 5.41) is 9.62. The maximum Gasteiger partial charge on any atom is 0.252 e. The van der Waals surface area contributed by atoms with Gasteiger partial charge in [-0.25, -0.2) is 4.98 Å². The number of anilines is 1. The summed E-state index contributed by atoms with van der Waals surface area (Å²) in [7, 11) is 0. The number of aliphatic hydroxyl groups is 1. The number of carbonyl (C=O) groups excluding carboxylic acids is 2. The minimum Gasteiger partial charge on any atom is -0.392 e. The molecule has 1 spiro atoms. The molecule has 0 unspecified atom stereocenters. The molecule has 3 heterocycles. The molecule has 2 fully saturated rings. The van der Waals surface area contributed by atoms with Gasteiger partial charge in [0, 0.05) is 38.7 Å². The lowest BCUT2D eigenvalue weighted by Crippen LogP contribution is -2.53. The van der Waals surface area contributed by atoms with Crippen LogP contribution in [0.5, 0.6) is 0 Å². The van der Waals surface area contributed by atoms with Crippen LogP contribution in [0, 0.1) is 5.41 Å². The number of nitrogen functional groups attached to an aromatic ring is 1. The third kappa shape index (κ3) is 4.65. The van der Waals surface area contributed by atoms with Gasteiger partial charge in [-0.1, -0.05) is 0 Å². The Bertz CT molecular complexity index is 767. The highest BCUT2D eigenvalue weighted by atomic mass is 16.3. The van der Waals surface area contributed by atoms with E-state index in [4.69, 9.17) is 5.73 Å². The van der Waals surface area contributed by atoms with E-state index in [0.717, 1.165) is 19.3 Å². The molecule has 0 bridgehead atoms. The van der Waals surface area contributed by atoms with Gasteiger partial charge in [-0.3, -0.25) is 19.4 Å². The van der Waals surface area contributed by atoms with E-state index in [1.807, 2.05) is 0 Å². The Kier molecular flexibility index (Phi) is 5.50. The first-order valence-electron chi connectivity index (χ1n) is 9.36. The third-order valence-electron chi connectivity index (χ3n) is 5.55. The van der Waals surface area contributed by atoms with E-state index in [2.05, 4.69) is 9.97 Å². The van der Waals surface area contributed by atoms with Gasteiger partial charge in [0.05, 0.1) is 18.2 Å². The van der Waals surface area contributed by atoms with Crippen LogP contribution in [0.2, 0.25) is 0 Å². The summed E-state index contributed by atoms with van der Waals surface area (Å²) >= 11 is 0. The average molecular weight is 377 g/mol. The van der Waals surface area contributed by atoms with Crippen LogP contribution in [0.4, 0.5) is 5.95 Å². The van der Waals surface area contributed by atoms with Crippen molar-refractivity contribution in [3.8, 4) is 0 Å². The minimum atomic E-state index is -0.542. The zero-order chi connectivity index (χ0) is 19.6. The predicted octanol–water partition coefficient (Wildman–Crippen LogP) is -0.493. The van der Waals surface area contributed by atoms with Crippen molar-refractivity contribution in [2.75, 3.05) is 31.9 Å². The quantitative estimate of drug-likeness (QED) is 0.648. The fourth-order valence-corrected chi connectivity index (χ4v) is 4.11. The van der Waals surface area contributed by atoms with Crippen molar-refractivity contribution >= 4 is 17.8 Å². The van der Waals surface area contributed by atoms with Crippen molar-refractivity contribution in [1.29, 1.82) is 0 Å². The number of carbonyl (C=O) groups is 2. The Morgan fingerprint density at radius 2 is 2.07 bits per heavy atom. The molecular formula is C18H27N5O4. The Morgan fingerprint density at radius 3 is 2.70 bits per heavy atom. The van der Waals surface area contributed by atoms with Crippen molar-refractivity contribution in [2.45, 2.75) is 45.1 Å². The number of piperidine rings is 2. The summed E-state index contributed by atoms with van der Waals surface area (Å²) in [6.45, 7) is 3.93. The number of hydrogen-bond donors (Lipinski definition) is 3. The standard InChI is InChI=1S/C18H27N5O4/c1-12(24)10-23-11-18(3-2-15(23)26)4-6-22(7-5-18)16(27)9-13-8-14(25)21-17(19)20-13/h8,12,24H,2-7,9-11H2,1H3,(H3,19,20,21,25)/t12-/m0/s1. The number of nitrogens with one attached hydrogen (secondary N) is 1. The maximum absolute atomic E-state index is 12.6. The van der Waals surface area contributed by atoms with Gasteiger partial charge in [0.1, 0.15) is 0 Å². The van der Waals surface area contributed by atoms with Crippen LogP contribution in [0.1, 0.15) is 38.3 Å². The number of aliphatic hydroxyl groups excluding tert-OH is 1. The summed E-state index contributed by atoms with van der Waals surface area (Å²) in [5.74, 6) is 0.0287. The van der Waals surface area contributed by atoms with Gasteiger partial charge >= 0.3 is 0 Å². The number of nitrogens with zero attached hydrogens (tertiary/aromatic N) is 3. The van der Waals surface area contributed by atoms with Crippen LogP contribution < -0.4 is 11.3 Å². The number of aromatic nitrogens is 2. The monoisotopic (exact) mass is 377 g/mol. The van der Waals surface area contributed by atoms with Crippen LogP contribution in [0.3, 0.4) is 0 Å². The Morgan fingerprint density at radius 1 is 1.37 bits per heavy atom.